The Labute approximate surface area is 201 Å². The molecule has 6 nitrogen and oxygen atoms in total. The maximum absolute atomic E-state index is 13.1. The van der Waals surface area contributed by atoms with Crippen LogP contribution >= 0.6 is 15.9 Å². The molecular weight excluding hydrogens is 482 g/mol. The van der Waals surface area contributed by atoms with Crippen LogP contribution in [0.5, 0.6) is 0 Å². The second-order valence-corrected chi connectivity index (χ2v) is 9.04. The van der Waals surface area contributed by atoms with Gasteiger partial charge in [-0.2, -0.15) is 0 Å². The van der Waals surface area contributed by atoms with Crippen molar-refractivity contribution in [3.8, 4) is 5.69 Å². The third-order valence-corrected chi connectivity index (χ3v) is 7.07. The van der Waals surface area contributed by atoms with E-state index >= 15 is 0 Å². The monoisotopic (exact) mass is 505 g/mol. The molecule has 1 saturated heterocycles. The third-order valence-electron chi connectivity index (χ3n) is 5.82. The minimum Gasteiger partial charge on any atom is -0.318 e. The smallest absolute Gasteiger partial charge is 0.318 e. The molecule has 4 amide bonds. The van der Waals surface area contributed by atoms with Gasteiger partial charge in [-0.3, -0.25) is 19.8 Å². The molecule has 1 aliphatic rings. The van der Waals surface area contributed by atoms with Gasteiger partial charge in [0.05, 0.1) is 6.54 Å². The number of amides is 4. The first-order valence-electron chi connectivity index (χ1n) is 10.6. The van der Waals surface area contributed by atoms with Crippen LogP contribution in [0.25, 0.3) is 11.8 Å². The van der Waals surface area contributed by atoms with Gasteiger partial charge in [0.1, 0.15) is 5.57 Å². The van der Waals surface area contributed by atoms with Crippen molar-refractivity contribution in [2.45, 2.75) is 34.2 Å². The number of nitrogens with one attached hydrogen (secondary N) is 1. The Bertz CT molecular complexity index is 1300. The highest BCUT2D eigenvalue weighted by Crippen LogP contribution is 2.29. The molecule has 4 rings (SSSR count). The van der Waals surface area contributed by atoms with E-state index < -0.39 is 17.8 Å². The highest BCUT2D eigenvalue weighted by molar-refractivity contribution is 9.10. The molecule has 3 aromatic rings. The summed E-state index contributed by atoms with van der Waals surface area (Å²) in [6, 6.07) is 14.6. The number of hydrogen-bond donors (Lipinski definition) is 1. The van der Waals surface area contributed by atoms with Crippen molar-refractivity contribution in [1.82, 2.24) is 14.8 Å². The zero-order valence-electron chi connectivity index (χ0n) is 18.9. The first-order valence-corrected chi connectivity index (χ1v) is 11.4. The number of hydrogen-bond acceptors (Lipinski definition) is 3. The Hall–Kier alpha value is -3.45. The van der Waals surface area contributed by atoms with Crippen molar-refractivity contribution in [3.05, 3.63) is 92.2 Å². The largest absolute Gasteiger partial charge is 0.331 e. The zero-order chi connectivity index (χ0) is 23.9. The second kappa shape index (κ2) is 8.83. The number of aromatic nitrogens is 1. The SMILES string of the molecule is Cc1cc(-n2c(C)cc(/C=C3\C(=O)NC(=O)N(Cc4ccccc4)C3=O)c2C)cc(C)c1Br. The number of nitrogens with zero attached hydrogens (tertiary/aromatic N) is 2. The Morgan fingerprint density at radius 3 is 2.21 bits per heavy atom. The number of imide groups is 2. The molecular formula is C26H24BrN3O3. The molecule has 7 heteroatoms. The van der Waals surface area contributed by atoms with E-state index in [0.717, 1.165) is 48.7 Å². The van der Waals surface area contributed by atoms with Gasteiger partial charge in [-0.15, -0.1) is 0 Å². The molecule has 0 aliphatic carbocycles. The molecule has 168 valence electrons. The fourth-order valence-corrected chi connectivity index (χ4v) is 4.37. The molecule has 0 radical (unpaired) electrons. The Balaban J connectivity index is 1.72. The van der Waals surface area contributed by atoms with Gasteiger partial charge < -0.3 is 4.57 Å². The molecule has 0 spiro atoms. The highest BCUT2D eigenvalue weighted by atomic mass is 79.9. The van der Waals surface area contributed by atoms with Gasteiger partial charge >= 0.3 is 6.03 Å². The van der Waals surface area contributed by atoms with Crippen LogP contribution < -0.4 is 5.32 Å². The fraction of sp³-hybridized carbons (Fsp3) is 0.192. The summed E-state index contributed by atoms with van der Waals surface area (Å²) in [7, 11) is 0. The van der Waals surface area contributed by atoms with E-state index in [1.54, 1.807) is 6.08 Å². The van der Waals surface area contributed by atoms with Crippen LogP contribution in [-0.4, -0.2) is 27.3 Å². The third kappa shape index (κ3) is 4.28. The average molecular weight is 506 g/mol. The molecule has 2 aromatic carbocycles. The summed E-state index contributed by atoms with van der Waals surface area (Å²) in [5.74, 6) is -1.29. The lowest BCUT2D eigenvalue weighted by atomic mass is 10.1. The summed E-state index contributed by atoms with van der Waals surface area (Å²) in [6.07, 6.45) is 1.57. The predicted octanol–water partition coefficient (Wildman–Crippen LogP) is 5.14. The quantitative estimate of drug-likeness (QED) is 0.394. The van der Waals surface area contributed by atoms with E-state index in [2.05, 4.69) is 37.9 Å². The topological polar surface area (TPSA) is 71.4 Å². The summed E-state index contributed by atoms with van der Waals surface area (Å²) in [5, 5.41) is 2.29. The lowest BCUT2D eigenvalue weighted by Crippen LogP contribution is -2.53. The van der Waals surface area contributed by atoms with Crippen molar-refractivity contribution in [3.63, 3.8) is 0 Å². The first-order chi connectivity index (χ1) is 15.7. The highest BCUT2D eigenvalue weighted by Gasteiger charge is 2.36. The summed E-state index contributed by atoms with van der Waals surface area (Å²) in [4.78, 5) is 39.1. The normalized spacial score (nSPS) is 15.4. The van der Waals surface area contributed by atoms with Crippen LogP contribution in [0.1, 0.15) is 33.6 Å². The van der Waals surface area contributed by atoms with Gasteiger partial charge in [0, 0.05) is 21.5 Å². The van der Waals surface area contributed by atoms with Gasteiger partial charge in [0.2, 0.25) is 0 Å². The standard InChI is InChI=1S/C26H24BrN3O3/c1-15-10-21(11-16(2)23(15)27)30-17(3)12-20(18(30)4)13-22-24(31)28-26(33)29(25(22)32)14-19-8-6-5-7-9-19/h5-13H,14H2,1-4H3,(H,28,31,33)/b22-13+. The van der Waals surface area contributed by atoms with Crippen molar-refractivity contribution >= 4 is 39.9 Å². The maximum Gasteiger partial charge on any atom is 0.331 e. The minimum absolute atomic E-state index is 0.0612. The van der Waals surface area contributed by atoms with E-state index in [4.69, 9.17) is 0 Å². The van der Waals surface area contributed by atoms with E-state index in [1.165, 1.54) is 0 Å². The molecule has 1 fully saturated rings. The van der Waals surface area contributed by atoms with Crippen LogP contribution in [0.15, 0.2) is 58.6 Å². The molecule has 1 N–H and O–H groups in total. The first kappa shape index (κ1) is 22.7. The molecule has 1 aliphatic heterocycles. The van der Waals surface area contributed by atoms with Crippen LogP contribution in [0.2, 0.25) is 0 Å². The number of rotatable bonds is 4. The lowest BCUT2D eigenvalue weighted by molar-refractivity contribution is -0.130. The maximum atomic E-state index is 13.1. The van der Waals surface area contributed by atoms with Gasteiger partial charge in [0.25, 0.3) is 11.8 Å². The summed E-state index contributed by atoms with van der Waals surface area (Å²) < 4.78 is 3.17. The predicted molar refractivity (Wildman–Crippen MR) is 131 cm³/mol. The number of barbiturate groups is 1. The molecule has 0 saturated carbocycles. The fourth-order valence-electron chi connectivity index (χ4n) is 4.14. The van der Waals surface area contributed by atoms with Crippen molar-refractivity contribution < 1.29 is 14.4 Å². The number of carbonyl (C=O) groups excluding carboxylic acids is 3. The average Bonchev–Trinajstić information content (AvgIpc) is 3.05. The van der Waals surface area contributed by atoms with E-state index in [9.17, 15) is 14.4 Å². The molecule has 0 bridgehead atoms. The molecule has 0 unspecified atom stereocenters. The molecule has 1 aromatic heterocycles. The van der Waals surface area contributed by atoms with Crippen LogP contribution in [0, 0.1) is 27.7 Å². The van der Waals surface area contributed by atoms with Gasteiger partial charge in [-0.1, -0.05) is 46.3 Å². The van der Waals surface area contributed by atoms with E-state index in [0.29, 0.717) is 0 Å². The zero-order valence-corrected chi connectivity index (χ0v) is 20.5. The Morgan fingerprint density at radius 2 is 1.58 bits per heavy atom. The van der Waals surface area contributed by atoms with Crippen molar-refractivity contribution in [1.29, 1.82) is 0 Å². The lowest BCUT2D eigenvalue weighted by Gasteiger charge is -2.26. The van der Waals surface area contributed by atoms with Gasteiger partial charge in [-0.25, -0.2) is 4.79 Å². The minimum atomic E-state index is -0.711. The second-order valence-electron chi connectivity index (χ2n) is 8.25. The number of urea groups is 1. The van der Waals surface area contributed by atoms with Crippen LogP contribution in [0.3, 0.4) is 0 Å². The van der Waals surface area contributed by atoms with Gasteiger partial charge in [0.15, 0.2) is 0 Å². The Kier molecular flexibility index (Phi) is 6.08. The summed E-state index contributed by atoms with van der Waals surface area (Å²) in [5.41, 5.74) is 6.60. The van der Waals surface area contributed by atoms with E-state index in [1.807, 2.05) is 64.1 Å². The Morgan fingerprint density at radius 1 is 0.939 bits per heavy atom. The summed E-state index contributed by atoms with van der Waals surface area (Å²) in [6.45, 7) is 8.11. The number of benzene rings is 2. The van der Waals surface area contributed by atoms with Crippen LogP contribution in [-0.2, 0) is 16.1 Å². The number of halogens is 1. The molecule has 2 heterocycles. The van der Waals surface area contributed by atoms with Gasteiger partial charge in [-0.05, 0) is 74.2 Å². The molecule has 33 heavy (non-hydrogen) atoms. The van der Waals surface area contributed by atoms with E-state index in [-0.39, 0.29) is 12.1 Å². The molecule has 0 atom stereocenters. The number of aryl methyl sites for hydroxylation is 3. The van der Waals surface area contributed by atoms with Crippen molar-refractivity contribution in [2.24, 2.45) is 0 Å². The number of carbonyl (C=O) groups is 3. The van der Waals surface area contributed by atoms with Crippen LogP contribution in [0.4, 0.5) is 4.79 Å². The van der Waals surface area contributed by atoms with Crippen molar-refractivity contribution in [2.75, 3.05) is 0 Å². The summed E-state index contributed by atoms with van der Waals surface area (Å²) >= 11 is 3.61.